The van der Waals surface area contributed by atoms with Crippen molar-refractivity contribution in [3.8, 4) is 5.75 Å². The van der Waals surface area contributed by atoms with Crippen LogP contribution in [0.4, 0.5) is 32.0 Å². The Labute approximate surface area is 114 Å². The van der Waals surface area contributed by atoms with E-state index in [4.69, 9.17) is 5.73 Å². The number of hydrogen-bond donors (Lipinski definition) is 1. The molecule has 0 fully saturated rings. The van der Waals surface area contributed by atoms with Gasteiger partial charge in [-0.05, 0) is 12.1 Å². The highest BCUT2D eigenvalue weighted by atomic mass is 19.4. The molecule has 2 rings (SSSR count). The molecule has 21 heavy (non-hydrogen) atoms. The predicted molar refractivity (Wildman–Crippen MR) is 62.6 cm³/mol. The third-order valence-corrected chi connectivity index (χ3v) is 2.65. The first kappa shape index (κ1) is 15.2. The molecule has 1 heterocycles. The van der Waals surface area contributed by atoms with Crippen LogP contribution in [0.1, 0.15) is 0 Å². The number of ether oxygens (including phenoxy) is 1. The maximum Gasteiger partial charge on any atom is 0.456 e. The Morgan fingerprint density at radius 1 is 1.19 bits per heavy atom. The van der Waals surface area contributed by atoms with E-state index < -0.39 is 30.3 Å². The van der Waals surface area contributed by atoms with Crippen molar-refractivity contribution in [1.29, 1.82) is 0 Å². The second-order valence-electron chi connectivity index (χ2n) is 4.17. The van der Waals surface area contributed by atoms with Crippen LogP contribution in [0.15, 0.2) is 24.4 Å². The van der Waals surface area contributed by atoms with Crippen LogP contribution in [0.3, 0.4) is 0 Å². The number of nitrogens with two attached hydrogens (primary N) is 1. The molecule has 9 heteroatoms. The minimum absolute atomic E-state index is 0.0365. The molecular weight excluding hydrogens is 302 g/mol. The Morgan fingerprint density at radius 3 is 2.48 bits per heavy atom. The maximum absolute atomic E-state index is 13.7. The first-order valence-electron chi connectivity index (χ1n) is 5.53. The van der Waals surface area contributed by atoms with E-state index in [0.29, 0.717) is 0 Å². The van der Waals surface area contributed by atoms with E-state index in [1.165, 1.54) is 18.3 Å². The largest absolute Gasteiger partial charge is 0.482 e. The number of benzene rings is 1. The van der Waals surface area contributed by atoms with Crippen molar-refractivity contribution in [1.82, 2.24) is 4.98 Å². The maximum atomic E-state index is 13.7. The number of halogens is 6. The molecule has 0 amide bonds. The number of fused-ring (bicyclic) bond motifs is 1. The highest BCUT2D eigenvalue weighted by molar-refractivity contribution is 5.94. The fraction of sp³-hybridized carbons (Fsp3) is 0.250. The molecule has 0 spiro atoms. The second-order valence-corrected chi connectivity index (χ2v) is 4.17. The van der Waals surface area contributed by atoms with Crippen LogP contribution in [-0.2, 0) is 0 Å². The minimum Gasteiger partial charge on any atom is -0.482 e. The van der Waals surface area contributed by atoms with E-state index in [0.717, 1.165) is 6.07 Å². The van der Waals surface area contributed by atoms with Gasteiger partial charge in [0.15, 0.2) is 18.2 Å². The number of nitrogen functional groups attached to an aromatic ring is 1. The third kappa shape index (κ3) is 2.81. The van der Waals surface area contributed by atoms with Crippen LogP contribution in [0, 0.1) is 5.82 Å². The summed E-state index contributed by atoms with van der Waals surface area (Å²) in [6, 6.07) is 3.63. The standard InChI is InChI=1S/C12H8F6N2O/c13-7-4-8(19)6-2-1-3-20-9(6)10(7)21-5-11(14,15)12(16,17)18/h1-4H,5,19H2. The molecule has 1 aromatic heterocycles. The number of rotatable bonds is 3. The van der Waals surface area contributed by atoms with Crippen LogP contribution >= 0.6 is 0 Å². The van der Waals surface area contributed by atoms with Crippen molar-refractivity contribution in [3.05, 3.63) is 30.2 Å². The third-order valence-electron chi connectivity index (χ3n) is 2.65. The molecule has 1 aromatic carbocycles. The fourth-order valence-electron chi connectivity index (χ4n) is 1.59. The van der Waals surface area contributed by atoms with Crippen LogP contribution in [0.2, 0.25) is 0 Å². The fourth-order valence-corrected chi connectivity index (χ4v) is 1.59. The Hall–Kier alpha value is -2.19. The molecule has 0 unspecified atom stereocenters. The topological polar surface area (TPSA) is 48.1 Å². The van der Waals surface area contributed by atoms with Crippen LogP contribution in [0.5, 0.6) is 5.75 Å². The number of pyridine rings is 1. The number of alkyl halides is 5. The molecule has 0 saturated heterocycles. The van der Waals surface area contributed by atoms with E-state index >= 15 is 0 Å². The predicted octanol–water partition coefficient (Wildman–Crippen LogP) is 3.53. The lowest BCUT2D eigenvalue weighted by Crippen LogP contribution is -2.41. The van der Waals surface area contributed by atoms with Gasteiger partial charge in [-0.25, -0.2) is 4.39 Å². The zero-order valence-electron chi connectivity index (χ0n) is 10.2. The average molecular weight is 310 g/mol. The summed E-state index contributed by atoms with van der Waals surface area (Å²) in [5.74, 6) is -7.08. The average Bonchev–Trinajstić information content (AvgIpc) is 2.37. The number of hydrogen-bond acceptors (Lipinski definition) is 3. The Morgan fingerprint density at radius 2 is 1.86 bits per heavy atom. The van der Waals surface area contributed by atoms with E-state index in [2.05, 4.69) is 9.72 Å². The summed E-state index contributed by atoms with van der Waals surface area (Å²) in [6.07, 6.45) is -4.59. The Bertz CT molecular complexity index is 671. The summed E-state index contributed by atoms with van der Waals surface area (Å²) in [6.45, 7) is -2.05. The molecule has 0 radical (unpaired) electrons. The van der Waals surface area contributed by atoms with Gasteiger partial charge >= 0.3 is 12.1 Å². The quantitative estimate of drug-likeness (QED) is 0.697. The zero-order chi connectivity index (χ0) is 15.8. The molecule has 0 atom stereocenters. The van der Waals surface area contributed by atoms with Gasteiger partial charge in [-0.2, -0.15) is 22.0 Å². The lowest BCUT2D eigenvalue weighted by molar-refractivity contribution is -0.290. The second kappa shape index (κ2) is 4.97. The molecule has 114 valence electrons. The first-order valence-corrected chi connectivity index (χ1v) is 5.53. The lowest BCUT2D eigenvalue weighted by atomic mass is 10.1. The van der Waals surface area contributed by atoms with E-state index in [1.807, 2.05) is 0 Å². The Kier molecular flexibility index (Phi) is 3.60. The highest BCUT2D eigenvalue weighted by Crippen LogP contribution is 2.37. The Balaban J connectivity index is 2.40. The van der Waals surface area contributed by atoms with Crippen molar-refractivity contribution in [3.63, 3.8) is 0 Å². The van der Waals surface area contributed by atoms with Crippen LogP contribution in [-0.4, -0.2) is 23.7 Å². The molecule has 0 aliphatic heterocycles. The minimum atomic E-state index is -5.79. The van der Waals surface area contributed by atoms with Gasteiger partial charge in [0.05, 0.1) is 0 Å². The summed E-state index contributed by atoms with van der Waals surface area (Å²) in [5.41, 5.74) is 5.25. The summed E-state index contributed by atoms with van der Waals surface area (Å²) >= 11 is 0. The van der Waals surface area contributed by atoms with Crippen molar-refractivity contribution < 1.29 is 31.1 Å². The molecule has 3 nitrogen and oxygen atoms in total. The van der Waals surface area contributed by atoms with Gasteiger partial charge in [0.1, 0.15) is 5.52 Å². The zero-order valence-corrected chi connectivity index (χ0v) is 10.2. The van der Waals surface area contributed by atoms with Crippen molar-refractivity contribution >= 4 is 16.6 Å². The van der Waals surface area contributed by atoms with E-state index in [-0.39, 0.29) is 16.6 Å². The summed E-state index contributed by atoms with van der Waals surface area (Å²) in [5, 5.41) is 0.184. The van der Waals surface area contributed by atoms with Gasteiger partial charge in [0.25, 0.3) is 0 Å². The smallest absolute Gasteiger partial charge is 0.456 e. The number of anilines is 1. The molecule has 2 N–H and O–H groups in total. The lowest BCUT2D eigenvalue weighted by Gasteiger charge is -2.20. The van der Waals surface area contributed by atoms with E-state index in [1.54, 1.807) is 0 Å². The summed E-state index contributed by atoms with van der Waals surface area (Å²) in [4.78, 5) is 3.69. The molecule has 2 aromatic rings. The molecule has 0 aliphatic rings. The number of aromatic nitrogens is 1. The van der Waals surface area contributed by atoms with Gasteiger partial charge < -0.3 is 10.5 Å². The van der Waals surface area contributed by atoms with Gasteiger partial charge in [-0.1, -0.05) is 0 Å². The molecule has 0 bridgehead atoms. The van der Waals surface area contributed by atoms with Crippen molar-refractivity contribution in [2.45, 2.75) is 12.1 Å². The van der Waals surface area contributed by atoms with Gasteiger partial charge in [0.2, 0.25) is 0 Å². The van der Waals surface area contributed by atoms with Gasteiger partial charge in [0, 0.05) is 23.3 Å². The first-order chi connectivity index (χ1) is 9.63. The molecule has 0 aliphatic carbocycles. The van der Waals surface area contributed by atoms with Crippen LogP contribution in [0.25, 0.3) is 10.9 Å². The van der Waals surface area contributed by atoms with Crippen molar-refractivity contribution in [2.24, 2.45) is 0 Å². The van der Waals surface area contributed by atoms with Gasteiger partial charge in [-0.15, -0.1) is 0 Å². The van der Waals surface area contributed by atoms with E-state index in [9.17, 15) is 26.3 Å². The molecule has 0 saturated carbocycles. The molecular formula is C12H8F6N2O. The number of nitrogens with zero attached hydrogens (tertiary/aromatic N) is 1. The SMILES string of the molecule is Nc1cc(F)c(OCC(F)(F)C(F)(F)F)c2ncccc12. The summed E-state index contributed by atoms with van der Waals surface area (Å²) in [7, 11) is 0. The van der Waals surface area contributed by atoms with Crippen LogP contribution < -0.4 is 10.5 Å². The summed E-state index contributed by atoms with van der Waals surface area (Å²) < 4.78 is 79.8. The normalized spacial score (nSPS) is 12.7. The monoisotopic (exact) mass is 310 g/mol. The highest BCUT2D eigenvalue weighted by Gasteiger charge is 2.58. The van der Waals surface area contributed by atoms with Crippen molar-refractivity contribution in [2.75, 3.05) is 12.3 Å². The van der Waals surface area contributed by atoms with Gasteiger partial charge in [-0.3, -0.25) is 4.98 Å².